The minimum absolute atomic E-state index is 0.130. The van der Waals surface area contributed by atoms with Crippen molar-refractivity contribution in [1.29, 1.82) is 0 Å². The number of amides is 1. The topological polar surface area (TPSA) is 97.0 Å². The van der Waals surface area contributed by atoms with E-state index in [9.17, 15) is 9.59 Å². The summed E-state index contributed by atoms with van der Waals surface area (Å²) in [6, 6.07) is 6.91. The molecule has 1 amide bonds. The summed E-state index contributed by atoms with van der Waals surface area (Å²) >= 11 is 5.83. The van der Waals surface area contributed by atoms with Gasteiger partial charge in [0, 0.05) is 43.7 Å². The van der Waals surface area contributed by atoms with Crippen LogP contribution in [0.5, 0.6) is 0 Å². The van der Waals surface area contributed by atoms with Gasteiger partial charge in [-0.1, -0.05) is 11.6 Å². The zero-order chi connectivity index (χ0) is 17.4. The summed E-state index contributed by atoms with van der Waals surface area (Å²) in [5.74, 6) is 0.235. The van der Waals surface area contributed by atoms with E-state index in [2.05, 4.69) is 20.5 Å². The number of benzene rings is 1. The molecular formula is C16H19ClN4O3. The third-order valence-electron chi connectivity index (χ3n) is 3.32. The fraction of sp³-hybridized carbons (Fsp3) is 0.375. The van der Waals surface area contributed by atoms with E-state index in [1.807, 2.05) is 0 Å². The Morgan fingerprint density at radius 1 is 1.29 bits per heavy atom. The molecule has 2 rings (SSSR count). The maximum Gasteiger partial charge on any atom is 0.273 e. The number of carbonyl (C=O) groups is 1. The maximum atomic E-state index is 12.1. The van der Waals surface area contributed by atoms with Crippen LogP contribution in [-0.2, 0) is 16.0 Å². The van der Waals surface area contributed by atoms with Crippen molar-refractivity contribution in [1.82, 2.24) is 20.5 Å². The quantitative estimate of drug-likeness (QED) is 0.704. The number of H-pyrrole nitrogens is 1. The van der Waals surface area contributed by atoms with Crippen molar-refractivity contribution in [3.8, 4) is 11.4 Å². The van der Waals surface area contributed by atoms with Crippen LogP contribution in [-0.4, -0.2) is 41.3 Å². The predicted molar refractivity (Wildman–Crippen MR) is 90.9 cm³/mol. The first-order valence-electron chi connectivity index (χ1n) is 7.57. The van der Waals surface area contributed by atoms with Crippen LogP contribution in [0, 0.1) is 0 Å². The number of hydrogen-bond acceptors (Lipinski definition) is 5. The molecule has 128 valence electrons. The van der Waals surface area contributed by atoms with E-state index in [4.69, 9.17) is 16.3 Å². The van der Waals surface area contributed by atoms with E-state index in [0.29, 0.717) is 29.6 Å². The second-order valence-corrected chi connectivity index (χ2v) is 5.59. The molecule has 0 fully saturated rings. The molecule has 1 aromatic carbocycles. The van der Waals surface area contributed by atoms with Gasteiger partial charge in [0.25, 0.3) is 5.56 Å². The molecule has 0 saturated heterocycles. The Bertz CT molecular complexity index is 731. The summed E-state index contributed by atoms with van der Waals surface area (Å²) in [4.78, 5) is 26.4. The molecule has 0 saturated carbocycles. The van der Waals surface area contributed by atoms with Gasteiger partial charge in [-0.25, -0.2) is 0 Å². The standard InChI is InChI=1S/C16H19ClN4O3/c1-24-10-2-9-18-14(22)8-7-13-16(23)19-15(21-20-13)11-3-5-12(17)6-4-11/h3-6H,2,7-10H2,1H3,(H,18,22)(H,19,21,23). The van der Waals surface area contributed by atoms with Crippen LogP contribution >= 0.6 is 11.6 Å². The average molecular weight is 351 g/mol. The van der Waals surface area contributed by atoms with Gasteiger partial charge in [-0.3, -0.25) is 9.59 Å². The van der Waals surface area contributed by atoms with E-state index in [0.717, 1.165) is 6.42 Å². The van der Waals surface area contributed by atoms with Crippen molar-refractivity contribution in [2.75, 3.05) is 20.3 Å². The maximum absolute atomic E-state index is 12.1. The first-order valence-corrected chi connectivity index (χ1v) is 7.95. The van der Waals surface area contributed by atoms with Crippen LogP contribution in [0.2, 0.25) is 5.02 Å². The number of nitrogens with one attached hydrogen (secondary N) is 2. The third kappa shape index (κ3) is 5.43. The number of aromatic nitrogens is 3. The highest BCUT2D eigenvalue weighted by Crippen LogP contribution is 2.16. The minimum Gasteiger partial charge on any atom is -0.385 e. The molecule has 0 spiro atoms. The highest BCUT2D eigenvalue weighted by molar-refractivity contribution is 6.30. The lowest BCUT2D eigenvalue weighted by atomic mass is 10.2. The van der Waals surface area contributed by atoms with Crippen molar-refractivity contribution in [2.24, 2.45) is 0 Å². The number of aryl methyl sites for hydroxylation is 1. The van der Waals surface area contributed by atoms with E-state index < -0.39 is 0 Å². The Kier molecular flexibility index (Phi) is 6.89. The third-order valence-corrected chi connectivity index (χ3v) is 3.57. The SMILES string of the molecule is COCCCNC(=O)CCc1nnc(-c2ccc(Cl)cc2)[nH]c1=O. The lowest BCUT2D eigenvalue weighted by Gasteiger charge is -2.05. The lowest BCUT2D eigenvalue weighted by Crippen LogP contribution is -2.27. The van der Waals surface area contributed by atoms with Crippen molar-refractivity contribution in [2.45, 2.75) is 19.3 Å². The molecule has 0 aliphatic carbocycles. The Morgan fingerprint density at radius 2 is 2.04 bits per heavy atom. The summed E-state index contributed by atoms with van der Waals surface area (Å²) in [6.07, 6.45) is 1.17. The first-order chi connectivity index (χ1) is 11.6. The van der Waals surface area contributed by atoms with Gasteiger partial charge >= 0.3 is 0 Å². The van der Waals surface area contributed by atoms with Crippen LogP contribution in [0.3, 0.4) is 0 Å². The predicted octanol–water partition coefficient (Wildman–Crippen LogP) is 1.57. The lowest BCUT2D eigenvalue weighted by molar-refractivity contribution is -0.121. The van der Waals surface area contributed by atoms with E-state index in [1.165, 1.54) is 0 Å². The van der Waals surface area contributed by atoms with Crippen molar-refractivity contribution >= 4 is 17.5 Å². The van der Waals surface area contributed by atoms with Crippen molar-refractivity contribution in [3.05, 3.63) is 45.3 Å². The Hall–Kier alpha value is -2.25. The molecule has 8 heteroatoms. The normalized spacial score (nSPS) is 10.6. The molecule has 0 aliphatic heterocycles. The van der Waals surface area contributed by atoms with Crippen LogP contribution in [0.4, 0.5) is 0 Å². The molecule has 1 heterocycles. The summed E-state index contributed by atoms with van der Waals surface area (Å²) in [7, 11) is 1.61. The second kappa shape index (κ2) is 9.14. The number of nitrogens with zero attached hydrogens (tertiary/aromatic N) is 2. The molecule has 0 bridgehead atoms. The summed E-state index contributed by atoms with van der Waals surface area (Å²) in [5, 5.41) is 11.3. The molecule has 2 aromatic rings. The molecule has 0 unspecified atom stereocenters. The Balaban J connectivity index is 1.92. The monoisotopic (exact) mass is 350 g/mol. The van der Waals surface area contributed by atoms with E-state index in [-0.39, 0.29) is 30.0 Å². The van der Waals surface area contributed by atoms with Gasteiger partial charge in [0.15, 0.2) is 5.82 Å². The van der Waals surface area contributed by atoms with Gasteiger partial charge in [0.05, 0.1) is 0 Å². The van der Waals surface area contributed by atoms with Crippen molar-refractivity contribution < 1.29 is 9.53 Å². The van der Waals surface area contributed by atoms with Gasteiger partial charge in [-0.05, 0) is 30.7 Å². The number of halogens is 1. The number of rotatable bonds is 8. The van der Waals surface area contributed by atoms with Gasteiger partial charge in [-0.15, -0.1) is 10.2 Å². The van der Waals surface area contributed by atoms with Gasteiger partial charge < -0.3 is 15.0 Å². The van der Waals surface area contributed by atoms with Crippen LogP contribution < -0.4 is 10.9 Å². The number of ether oxygens (including phenoxy) is 1. The molecule has 2 N–H and O–H groups in total. The van der Waals surface area contributed by atoms with Gasteiger partial charge in [0.2, 0.25) is 5.91 Å². The van der Waals surface area contributed by atoms with Gasteiger partial charge in [-0.2, -0.15) is 0 Å². The number of aromatic amines is 1. The fourth-order valence-electron chi connectivity index (χ4n) is 2.03. The van der Waals surface area contributed by atoms with Crippen LogP contribution in [0.1, 0.15) is 18.5 Å². The smallest absolute Gasteiger partial charge is 0.273 e. The Labute approximate surface area is 144 Å². The molecule has 24 heavy (non-hydrogen) atoms. The van der Waals surface area contributed by atoms with Crippen LogP contribution in [0.15, 0.2) is 29.1 Å². The zero-order valence-electron chi connectivity index (χ0n) is 13.3. The minimum atomic E-state index is -0.345. The second-order valence-electron chi connectivity index (χ2n) is 5.15. The van der Waals surface area contributed by atoms with E-state index in [1.54, 1.807) is 31.4 Å². The Morgan fingerprint density at radius 3 is 2.71 bits per heavy atom. The van der Waals surface area contributed by atoms with Crippen molar-refractivity contribution in [3.63, 3.8) is 0 Å². The molecule has 0 atom stereocenters. The number of methoxy groups -OCH3 is 1. The molecular weight excluding hydrogens is 332 g/mol. The van der Waals surface area contributed by atoms with Crippen LogP contribution in [0.25, 0.3) is 11.4 Å². The zero-order valence-corrected chi connectivity index (χ0v) is 14.1. The van der Waals surface area contributed by atoms with Gasteiger partial charge in [0.1, 0.15) is 5.69 Å². The number of carbonyl (C=O) groups excluding carboxylic acids is 1. The molecule has 1 aromatic heterocycles. The van der Waals surface area contributed by atoms with E-state index >= 15 is 0 Å². The summed E-state index contributed by atoms with van der Waals surface area (Å²) < 4.78 is 4.90. The summed E-state index contributed by atoms with van der Waals surface area (Å²) in [6.45, 7) is 1.14. The molecule has 0 aliphatic rings. The largest absolute Gasteiger partial charge is 0.385 e. The highest BCUT2D eigenvalue weighted by Gasteiger charge is 2.09. The fourth-order valence-corrected chi connectivity index (χ4v) is 2.15. The number of hydrogen-bond donors (Lipinski definition) is 2. The highest BCUT2D eigenvalue weighted by atomic mass is 35.5. The first kappa shape index (κ1) is 18.1. The molecule has 7 nitrogen and oxygen atoms in total. The molecule has 0 radical (unpaired) electrons. The average Bonchev–Trinajstić information content (AvgIpc) is 2.58. The summed E-state index contributed by atoms with van der Waals surface area (Å²) in [5.41, 5.74) is 0.605.